The molecule has 0 saturated carbocycles. The summed E-state index contributed by atoms with van der Waals surface area (Å²) in [7, 11) is 0. The number of benzene rings is 1. The van der Waals surface area contributed by atoms with Crippen molar-refractivity contribution in [2.24, 2.45) is 5.41 Å². The Morgan fingerprint density at radius 1 is 1.09 bits per heavy atom. The minimum absolute atomic E-state index is 0.0516. The Kier molecular flexibility index (Phi) is 5.32. The highest BCUT2D eigenvalue weighted by Gasteiger charge is 2.43. The Labute approximate surface area is 196 Å². The summed E-state index contributed by atoms with van der Waals surface area (Å²) in [5, 5.41) is 3.90. The van der Waals surface area contributed by atoms with E-state index in [0.29, 0.717) is 46.5 Å². The number of nitrogens with one attached hydrogen (secondary N) is 2. The molecule has 1 atom stereocenters. The molecule has 1 aromatic carbocycles. The normalized spacial score (nSPS) is 19.2. The zero-order chi connectivity index (χ0) is 23.3. The van der Waals surface area contributed by atoms with Gasteiger partial charge in [0, 0.05) is 23.4 Å². The average molecular weight is 462 g/mol. The molecule has 3 aromatic rings. The van der Waals surface area contributed by atoms with Gasteiger partial charge in [0.25, 0.3) is 5.56 Å². The average Bonchev–Trinajstić information content (AvgIpc) is 3.17. The number of fused-ring (bicyclic) bond motifs is 1. The second-order valence-corrected chi connectivity index (χ2v) is 10.7. The molecule has 0 radical (unpaired) electrons. The van der Waals surface area contributed by atoms with Crippen LogP contribution in [-0.4, -0.2) is 15.8 Å². The van der Waals surface area contributed by atoms with E-state index in [1.807, 2.05) is 19.1 Å². The van der Waals surface area contributed by atoms with Crippen molar-refractivity contribution < 1.29 is 9.21 Å². The topological polar surface area (TPSA) is 88.0 Å². The van der Waals surface area contributed by atoms with Gasteiger partial charge >= 0.3 is 0 Å². The molecule has 5 rings (SSSR count). The second-order valence-electron chi connectivity index (χ2n) is 9.75. The highest BCUT2D eigenvalue weighted by Crippen LogP contribution is 2.48. The molecule has 2 aliphatic rings. The van der Waals surface area contributed by atoms with Crippen molar-refractivity contribution in [1.29, 1.82) is 0 Å². The molecule has 0 bridgehead atoms. The van der Waals surface area contributed by atoms with Crippen molar-refractivity contribution in [2.45, 2.75) is 57.4 Å². The van der Waals surface area contributed by atoms with Crippen LogP contribution in [0.25, 0.3) is 0 Å². The maximum Gasteiger partial charge on any atom is 0.257 e. The van der Waals surface area contributed by atoms with Crippen LogP contribution in [0.5, 0.6) is 0 Å². The molecule has 3 heterocycles. The minimum atomic E-state index is -0.555. The maximum absolute atomic E-state index is 13.3. The molecular weight excluding hydrogens is 434 g/mol. The number of allylic oxidation sites excluding steroid dienone is 2. The van der Waals surface area contributed by atoms with Gasteiger partial charge in [-0.05, 0) is 43.4 Å². The summed E-state index contributed by atoms with van der Waals surface area (Å²) < 4.78 is 5.93. The molecule has 0 amide bonds. The maximum atomic E-state index is 13.3. The number of nitrogens with zero attached hydrogens (tertiary/aromatic N) is 1. The van der Waals surface area contributed by atoms with E-state index in [0.717, 1.165) is 17.0 Å². The van der Waals surface area contributed by atoms with Crippen molar-refractivity contribution in [1.82, 2.24) is 9.97 Å². The smallest absolute Gasteiger partial charge is 0.257 e. The highest BCUT2D eigenvalue weighted by atomic mass is 32.2. The fraction of sp³-hybridized carbons (Fsp3) is 0.346. The first-order chi connectivity index (χ1) is 15.7. The van der Waals surface area contributed by atoms with Gasteiger partial charge in [-0.3, -0.25) is 9.59 Å². The first-order valence-corrected chi connectivity index (χ1v) is 12.1. The van der Waals surface area contributed by atoms with Crippen LogP contribution in [0, 0.1) is 19.3 Å². The Morgan fingerprint density at radius 2 is 1.85 bits per heavy atom. The van der Waals surface area contributed by atoms with Crippen LogP contribution in [0.1, 0.15) is 60.8 Å². The van der Waals surface area contributed by atoms with Gasteiger partial charge in [0.1, 0.15) is 17.3 Å². The molecule has 0 spiro atoms. The van der Waals surface area contributed by atoms with Gasteiger partial charge in [0.15, 0.2) is 10.9 Å². The van der Waals surface area contributed by atoms with Gasteiger partial charge < -0.3 is 14.7 Å². The summed E-state index contributed by atoms with van der Waals surface area (Å²) in [6.45, 7) is 8.10. The van der Waals surface area contributed by atoms with E-state index in [1.165, 1.54) is 17.3 Å². The number of Topliss-reactive ketones (excluding diaryl/α,β-unsaturated/α-hetero) is 1. The number of carbonyl (C=O) groups is 1. The van der Waals surface area contributed by atoms with E-state index >= 15 is 0 Å². The first kappa shape index (κ1) is 21.8. The summed E-state index contributed by atoms with van der Waals surface area (Å²) in [5.74, 6) is 2.04. The fourth-order valence-corrected chi connectivity index (χ4v) is 5.51. The monoisotopic (exact) mass is 461 g/mol. The number of anilines is 1. The summed E-state index contributed by atoms with van der Waals surface area (Å²) in [4.78, 5) is 34.2. The third-order valence-electron chi connectivity index (χ3n) is 6.24. The number of ketones is 1. The van der Waals surface area contributed by atoms with Crippen molar-refractivity contribution in [3.05, 3.63) is 86.2 Å². The molecular formula is C26H27N3O3S. The van der Waals surface area contributed by atoms with E-state index in [-0.39, 0.29) is 16.8 Å². The number of H-pyrrole nitrogens is 1. The highest BCUT2D eigenvalue weighted by molar-refractivity contribution is 7.98. The number of furan rings is 1. The van der Waals surface area contributed by atoms with Crippen LogP contribution in [0.2, 0.25) is 0 Å². The number of aromatic nitrogens is 2. The SMILES string of the molecule is Cc1ccc(CSc2nc3c(c(=O)[nH]2)[C@@H](c2ccc(C)o2)C2=C(CC(C)(C)CC2=O)N3)cc1. The largest absolute Gasteiger partial charge is 0.465 e. The lowest BCUT2D eigenvalue weighted by Crippen LogP contribution is -2.36. The molecule has 7 heteroatoms. The predicted molar refractivity (Wildman–Crippen MR) is 130 cm³/mol. The predicted octanol–water partition coefficient (Wildman–Crippen LogP) is 5.47. The molecule has 1 aliphatic carbocycles. The van der Waals surface area contributed by atoms with Gasteiger partial charge in [0.2, 0.25) is 0 Å². The van der Waals surface area contributed by atoms with Gasteiger partial charge in [-0.15, -0.1) is 0 Å². The molecule has 6 nitrogen and oxygen atoms in total. The third kappa shape index (κ3) is 4.17. The van der Waals surface area contributed by atoms with Gasteiger partial charge in [0.05, 0.1) is 11.5 Å². The number of carbonyl (C=O) groups excluding carboxylic acids is 1. The molecule has 2 aromatic heterocycles. The van der Waals surface area contributed by atoms with E-state index in [4.69, 9.17) is 9.40 Å². The molecule has 1 aliphatic heterocycles. The van der Waals surface area contributed by atoms with Gasteiger partial charge in [-0.25, -0.2) is 4.98 Å². The summed E-state index contributed by atoms with van der Waals surface area (Å²) in [5.41, 5.74) is 3.87. The number of thioether (sulfide) groups is 1. The molecule has 2 N–H and O–H groups in total. The summed E-state index contributed by atoms with van der Waals surface area (Å²) in [6.07, 6.45) is 1.15. The fourth-order valence-electron chi connectivity index (χ4n) is 4.69. The quantitative estimate of drug-likeness (QED) is 0.396. The Bertz CT molecular complexity index is 1330. The molecule has 0 saturated heterocycles. The number of hydrogen-bond donors (Lipinski definition) is 2. The molecule has 33 heavy (non-hydrogen) atoms. The van der Waals surface area contributed by atoms with Crippen LogP contribution >= 0.6 is 11.8 Å². The van der Waals surface area contributed by atoms with Crippen molar-refractivity contribution >= 4 is 23.4 Å². The first-order valence-electron chi connectivity index (χ1n) is 11.1. The van der Waals surface area contributed by atoms with E-state index in [2.05, 4.69) is 55.3 Å². The number of rotatable bonds is 4. The van der Waals surface area contributed by atoms with Gasteiger partial charge in [-0.2, -0.15) is 0 Å². The minimum Gasteiger partial charge on any atom is -0.465 e. The number of aryl methyl sites for hydroxylation is 2. The Balaban J connectivity index is 1.56. The number of aromatic amines is 1. The zero-order valence-corrected chi connectivity index (χ0v) is 20.1. The van der Waals surface area contributed by atoms with Crippen LogP contribution < -0.4 is 10.9 Å². The van der Waals surface area contributed by atoms with Crippen molar-refractivity contribution in [3.63, 3.8) is 0 Å². The van der Waals surface area contributed by atoms with Crippen LogP contribution in [0.3, 0.4) is 0 Å². The lowest BCUT2D eigenvalue weighted by Gasteiger charge is -2.37. The Hall–Kier alpha value is -3.06. The van der Waals surface area contributed by atoms with Crippen LogP contribution in [0.15, 0.2) is 62.0 Å². The van der Waals surface area contributed by atoms with Crippen molar-refractivity contribution in [2.75, 3.05) is 5.32 Å². The van der Waals surface area contributed by atoms with Crippen molar-refractivity contribution in [3.8, 4) is 0 Å². The summed E-state index contributed by atoms with van der Waals surface area (Å²) in [6, 6.07) is 12.0. The van der Waals surface area contributed by atoms with E-state index in [9.17, 15) is 9.59 Å². The lowest BCUT2D eigenvalue weighted by atomic mass is 9.70. The number of hydrogen-bond acceptors (Lipinski definition) is 6. The molecule has 0 unspecified atom stereocenters. The third-order valence-corrected chi connectivity index (χ3v) is 7.19. The van der Waals surface area contributed by atoms with Gasteiger partial charge in [-0.1, -0.05) is 55.4 Å². The lowest BCUT2D eigenvalue weighted by molar-refractivity contribution is -0.118. The second kappa shape index (κ2) is 8.06. The van der Waals surface area contributed by atoms with E-state index < -0.39 is 5.92 Å². The molecule has 0 fully saturated rings. The van der Waals surface area contributed by atoms with Crippen LogP contribution in [0.4, 0.5) is 5.82 Å². The van der Waals surface area contributed by atoms with Crippen LogP contribution in [-0.2, 0) is 10.5 Å². The molecule has 170 valence electrons. The standard InChI is InChI=1S/C26H27N3O3S/c1-14-5-8-16(9-6-14)13-33-25-28-23-22(24(31)29-25)21(19-10-7-15(2)32-19)20-17(27-23)11-26(3,4)12-18(20)30/h5-10,21H,11-13H2,1-4H3,(H2,27,28,29,31)/t21-/m0/s1. The zero-order valence-electron chi connectivity index (χ0n) is 19.2. The summed E-state index contributed by atoms with van der Waals surface area (Å²) >= 11 is 1.48. The Morgan fingerprint density at radius 3 is 2.55 bits per heavy atom. The van der Waals surface area contributed by atoms with E-state index in [1.54, 1.807) is 0 Å².